The lowest BCUT2D eigenvalue weighted by Crippen LogP contribution is -2.36. The van der Waals surface area contributed by atoms with Crippen molar-refractivity contribution in [3.05, 3.63) is 0 Å². The van der Waals surface area contributed by atoms with Crippen molar-refractivity contribution in [2.24, 2.45) is 23.3 Å². The first kappa shape index (κ1) is 39.1. The van der Waals surface area contributed by atoms with Crippen LogP contribution in [0.5, 0.6) is 0 Å². The predicted octanol–water partition coefficient (Wildman–Crippen LogP) is 7.08. The van der Waals surface area contributed by atoms with E-state index >= 15 is 0 Å². The normalized spacial score (nSPS) is 14.4. The van der Waals surface area contributed by atoms with Crippen LogP contribution in [0.15, 0.2) is 0 Å². The summed E-state index contributed by atoms with van der Waals surface area (Å²) < 4.78 is 0. The second-order valence-electron chi connectivity index (χ2n) is 9.31. The van der Waals surface area contributed by atoms with Gasteiger partial charge in [0.2, 0.25) is 0 Å². The number of carbonyl (C=O) groups excluding carboxylic acids is 2. The van der Waals surface area contributed by atoms with Gasteiger partial charge in [-0.1, -0.05) is 79.1 Å². The summed E-state index contributed by atoms with van der Waals surface area (Å²) in [5, 5.41) is 0. The Balaban J connectivity index is -0.00000480. The number of nitrogens with two attached hydrogens (primary N) is 2. The van der Waals surface area contributed by atoms with Gasteiger partial charge in [0, 0.05) is 24.3 Å². The Hall–Kier alpha value is 0.540. The van der Waals surface area contributed by atoms with Gasteiger partial charge in [0.1, 0.15) is 0 Å². The fraction of sp³-hybridized carbons (Fsp3) is 0.923. The molecule has 0 aliphatic rings. The van der Waals surface area contributed by atoms with Crippen LogP contribution in [-0.4, -0.2) is 46.7 Å². The number of thioether (sulfide) groups is 2. The first-order valence-electron chi connectivity index (χ1n) is 13.1. The van der Waals surface area contributed by atoms with E-state index in [0.717, 1.165) is 35.9 Å². The summed E-state index contributed by atoms with van der Waals surface area (Å²) in [4.78, 5) is 24.0. The fourth-order valence-corrected chi connectivity index (χ4v) is 5.41. The van der Waals surface area contributed by atoms with Crippen molar-refractivity contribution in [2.75, 3.05) is 23.0 Å². The highest BCUT2D eigenvalue weighted by Crippen LogP contribution is 2.15. The van der Waals surface area contributed by atoms with Crippen molar-refractivity contribution in [3.63, 3.8) is 0 Å². The molecule has 4 N–H and O–H groups in total. The maximum atomic E-state index is 12.0. The van der Waals surface area contributed by atoms with E-state index < -0.39 is 0 Å². The third-order valence-electron chi connectivity index (χ3n) is 6.57. The Bertz CT molecular complexity index is 446. The molecular formula is C26H54Cl2N2O2S2. The van der Waals surface area contributed by atoms with Gasteiger partial charge < -0.3 is 11.5 Å². The summed E-state index contributed by atoms with van der Waals surface area (Å²) in [6.07, 6.45) is 13.6. The monoisotopic (exact) mass is 560 g/mol. The van der Waals surface area contributed by atoms with E-state index in [-0.39, 0.29) is 48.5 Å². The van der Waals surface area contributed by atoms with Crippen molar-refractivity contribution in [1.82, 2.24) is 0 Å². The molecule has 0 amide bonds. The number of rotatable bonds is 23. The largest absolute Gasteiger partial charge is 0.321 e. The molecule has 0 saturated heterocycles. The highest BCUT2D eigenvalue weighted by molar-refractivity contribution is 7.99. The first-order chi connectivity index (χ1) is 15.3. The molecule has 8 heteroatoms. The molecule has 0 aromatic heterocycles. The average molecular weight is 562 g/mol. The van der Waals surface area contributed by atoms with Gasteiger partial charge in [0.15, 0.2) is 11.6 Å². The highest BCUT2D eigenvalue weighted by atomic mass is 35.5. The van der Waals surface area contributed by atoms with Crippen LogP contribution in [0.4, 0.5) is 0 Å². The molecule has 0 heterocycles. The summed E-state index contributed by atoms with van der Waals surface area (Å²) in [6.45, 7) is 8.30. The zero-order valence-electron chi connectivity index (χ0n) is 22.2. The molecular weight excluding hydrogens is 507 g/mol. The molecule has 0 rings (SSSR count). The van der Waals surface area contributed by atoms with E-state index in [9.17, 15) is 9.59 Å². The van der Waals surface area contributed by atoms with Gasteiger partial charge in [0.05, 0.1) is 12.1 Å². The van der Waals surface area contributed by atoms with Crippen LogP contribution in [0.25, 0.3) is 0 Å². The fourth-order valence-electron chi connectivity index (χ4n) is 3.49. The smallest absolute Gasteiger partial charge is 0.150 e. The quantitative estimate of drug-likeness (QED) is 0.130. The molecule has 34 heavy (non-hydrogen) atoms. The number of hydrogen-bond donors (Lipinski definition) is 2. The second kappa shape index (κ2) is 26.6. The lowest BCUT2D eigenvalue weighted by molar-refractivity contribution is -0.121. The number of unbranched alkanes of at least 4 members (excludes halogenated alkanes) is 7. The molecule has 0 radical (unpaired) electrons. The van der Waals surface area contributed by atoms with E-state index in [1.165, 1.54) is 51.4 Å². The van der Waals surface area contributed by atoms with Crippen molar-refractivity contribution in [2.45, 2.75) is 117 Å². The van der Waals surface area contributed by atoms with Crippen molar-refractivity contribution in [1.29, 1.82) is 0 Å². The second-order valence-corrected chi connectivity index (χ2v) is 11.8. The predicted molar refractivity (Wildman–Crippen MR) is 160 cm³/mol. The Kier molecular flexibility index (Phi) is 30.6. The Morgan fingerprint density at radius 3 is 1.18 bits per heavy atom. The van der Waals surface area contributed by atoms with Gasteiger partial charge in [-0.15, -0.1) is 24.8 Å². The van der Waals surface area contributed by atoms with Crippen LogP contribution in [0.2, 0.25) is 0 Å². The molecule has 0 unspecified atom stereocenters. The minimum atomic E-state index is -0.276. The Morgan fingerprint density at radius 2 is 0.882 bits per heavy atom. The van der Waals surface area contributed by atoms with Gasteiger partial charge in [-0.05, 0) is 36.2 Å². The van der Waals surface area contributed by atoms with Crippen molar-refractivity contribution < 1.29 is 9.59 Å². The molecule has 0 aromatic carbocycles. The van der Waals surface area contributed by atoms with E-state index in [4.69, 9.17) is 11.5 Å². The van der Waals surface area contributed by atoms with Crippen LogP contribution in [0, 0.1) is 11.8 Å². The van der Waals surface area contributed by atoms with Gasteiger partial charge in [0.25, 0.3) is 0 Å². The number of halogens is 2. The maximum Gasteiger partial charge on any atom is 0.150 e. The van der Waals surface area contributed by atoms with Gasteiger partial charge >= 0.3 is 0 Å². The van der Waals surface area contributed by atoms with Crippen LogP contribution < -0.4 is 11.5 Å². The molecule has 0 spiro atoms. The van der Waals surface area contributed by atoms with E-state index in [1.54, 1.807) is 0 Å². The summed E-state index contributed by atoms with van der Waals surface area (Å²) in [5.41, 5.74) is 12.0. The lowest BCUT2D eigenvalue weighted by atomic mass is 9.95. The SMILES string of the molecule is CC[C@H](C)[C@H](N)C(=O)CCSCCCCCCCCCCSCCC(=O)[C@@H](N)[C@@H](C)CC.Cl.Cl. The summed E-state index contributed by atoms with van der Waals surface area (Å²) in [7, 11) is 0. The summed E-state index contributed by atoms with van der Waals surface area (Å²) in [5.74, 6) is 5.19. The highest BCUT2D eigenvalue weighted by Gasteiger charge is 2.19. The number of Topliss-reactive ketones (excluding diaryl/α,β-unsaturated/α-hetero) is 2. The zero-order valence-corrected chi connectivity index (χ0v) is 25.5. The Labute approximate surface area is 231 Å². The van der Waals surface area contributed by atoms with Gasteiger partial charge in [-0.25, -0.2) is 0 Å². The third-order valence-corrected chi connectivity index (χ3v) is 8.71. The van der Waals surface area contributed by atoms with Crippen LogP contribution in [-0.2, 0) is 9.59 Å². The van der Waals surface area contributed by atoms with Crippen LogP contribution in [0.3, 0.4) is 0 Å². The zero-order chi connectivity index (χ0) is 24.2. The third kappa shape index (κ3) is 20.7. The number of carbonyl (C=O) groups is 2. The molecule has 0 aromatic rings. The summed E-state index contributed by atoms with van der Waals surface area (Å²) >= 11 is 3.80. The van der Waals surface area contributed by atoms with Gasteiger partial charge in [-0.3, -0.25) is 9.59 Å². The first-order valence-corrected chi connectivity index (χ1v) is 15.4. The standard InChI is InChI=1S/C26H52N2O2S2.2ClH/c1-5-21(3)25(27)23(29)15-19-31-17-13-11-9-7-8-10-12-14-18-32-20-16-24(30)26(28)22(4)6-2;;/h21-22,25-26H,5-20,27-28H2,1-4H3;2*1H/t21-,22-,25-,26-;;/m0../s1. The maximum absolute atomic E-state index is 12.0. The van der Waals surface area contributed by atoms with E-state index in [2.05, 4.69) is 27.7 Å². The topological polar surface area (TPSA) is 86.2 Å². The molecule has 0 bridgehead atoms. The Morgan fingerprint density at radius 1 is 0.588 bits per heavy atom. The molecule has 0 fully saturated rings. The van der Waals surface area contributed by atoms with Crippen molar-refractivity contribution >= 4 is 59.9 Å². The molecule has 206 valence electrons. The molecule has 4 atom stereocenters. The lowest BCUT2D eigenvalue weighted by Gasteiger charge is -2.16. The molecule has 0 saturated carbocycles. The summed E-state index contributed by atoms with van der Waals surface area (Å²) in [6, 6.07) is -0.552. The van der Waals surface area contributed by atoms with Gasteiger partial charge in [-0.2, -0.15) is 23.5 Å². The van der Waals surface area contributed by atoms with Crippen LogP contribution in [0.1, 0.15) is 105 Å². The average Bonchev–Trinajstić information content (AvgIpc) is 2.81. The minimum absolute atomic E-state index is 0. The molecule has 0 aliphatic carbocycles. The van der Waals surface area contributed by atoms with Crippen LogP contribution >= 0.6 is 48.3 Å². The number of ketones is 2. The van der Waals surface area contributed by atoms with E-state index in [0.29, 0.717) is 24.7 Å². The van der Waals surface area contributed by atoms with E-state index in [1.807, 2.05) is 23.5 Å². The molecule has 0 aliphatic heterocycles. The molecule has 4 nitrogen and oxygen atoms in total. The van der Waals surface area contributed by atoms with Crippen molar-refractivity contribution in [3.8, 4) is 0 Å². The minimum Gasteiger partial charge on any atom is -0.321 e. The number of hydrogen-bond acceptors (Lipinski definition) is 6.